The molecule has 1 heterocycles. The zero-order valence-corrected chi connectivity index (χ0v) is 15.9. The average Bonchev–Trinajstić information content (AvgIpc) is 2.70. The minimum atomic E-state index is -0.404. The van der Waals surface area contributed by atoms with Crippen LogP contribution >= 0.6 is 0 Å². The summed E-state index contributed by atoms with van der Waals surface area (Å²) < 4.78 is 25.6. The highest BCUT2D eigenvalue weighted by atomic mass is 19.1. The minimum Gasteiger partial charge on any atom is -0.508 e. The Bertz CT molecular complexity index is 963. The molecular formula is C23H23FO4. The minimum absolute atomic E-state index is 0.0600. The Morgan fingerprint density at radius 2 is 2.00 bits per heavy atom. The highest BCUT2D eigenvalue weighted by molar-refractivity contribution is 5.54. The number of aromatic hydroxyl groups is 1. The van der Waals surface area contributed by atoms with Gasteiger partial charge in [0.2, 0.25) is 0 Å². The van der Waals surface area contributed by atoms with Gasteiger partial charge in [-0.05, 0) is 55.2 Å². The van der Waals surface area contributed by atoms with Crippen molar-refractivity contribution in [1.82, 2.24) is 0 Å². The molecule has 4 nitrogen and oxygen atoms in total. The van der Waals surface area contributed by atoms with E-state index in [1.165, 1.54) is 13.2 Å². The Labute approximate surface area is 163 Å². The van der Waals surface area contributed by atoms with Crippen molar-refractivity contribution in [3.8, 4) is 17.2 Å². The number of benzene rings is 2. The second kappa shape index (κ2) is 7.23. The van der Waals surface area contributed by atoms with Crippen LogP contribution in [0.1, 0.15) is 29.0 Å². The molecular weight excluding hydrogens is 359 g/mol. The van der Waals surface area contributed by atoms with E-state index in [9.17, 15) is 14.6 Å². The number of methoxy groups -OCH3 is 1. The average molecular weight is 382 g/mol. The number of aliphatic hydroxyl groups excluding tert-OH is 1. The van der Waals surface area contributed by atoms with E-state index in [0.717, 1.165) is 11.1 Å². The molecule has 1 aliphatic carbocycles. The first-order valence-electron chi connectivity index (χ1n) is 9.35. The number of fused-ring (bicyclic) bond motifs is 1. The van der Waals surface area contributed by atoms with Crippen LogP contribution in [0, 0.1) is 24.6 Å². The highest BCUT2D eigenvalue weighted by Gasteiger charge is 2.38. The molecule has 0 aromatic heterocycles. The van der Waals surface area contributed by atoms with E-state index in [0.29, 0.717) is 24.3 Å². The zero-order valence-electron chi connectivity index (χ0n) is 15.9. The molecule has 5 heteroatoms. The molecule has 0 fully saturated rings. The monoisotopic (exact) mass is 382 g/mol. The summed E-state index contributed by atoms with van der Waals surface area (Å²) in [7, 11) is 1.45. The summed E-state index contributed by atoms with van der Waals surface area (Å²) in [5, 5.41) is 19.8. The Morgan fingerprint density at radius 1 is 1.18 bits per heavy atom. The SMILES string of the molecule is COc1ccc([C@@H]2c3ccc(O)c(C)c3OC[C@@H]2C2C=CC(O)=CC2)cc1F. The van der Waals surface area contributed by atoms with Crippen LogP contribution < -0.4 is 9.47 Å². The number of halogens is 1. The fraction of sp³-hybridized carbons (Fsp3) is 0.304. The van der Waals surface area contributed by atoms with Gasteiger partial charge in [-0.2, -0.15) is 0 Å². The fourth-order valence-electron chi connectivity index (χ4n) is 4.26. The van der Waals surface area contributed by atoms with Gasteiger partial charge in [-0.3, -0.25) is 0 Å². The molecule has 28 heavy (non-hydrogen) atoms. The van der Waals surface area contributed by atoms with Crippen molar-refractivity contribution < 1.29 is 24.1 Å². The predicted molar refractivity (Wildman–Crippen MR) is 105 cm³/mol. The van der Waals surface area contributed by atoms with Crippen LogP contribution in [0.3, 0.4) is 0 Å². The number of aliphatic hydroxyl groups is 1. The molecule has 1 unspecified atom stereocenters. The van der Waals surface area contributed by atoms with Gasteiger partial charge in [0.15, 0.2) is 11.6 Å². The van der Waals surface area contributed by atoms with Crippen LogP contribution in [0.2, 0.25) is 0 Å². The van der Waals surface area contributed by atoms with Crippen molar-refractivity contribution in [3.63, 3.8) is 0 Å². The third kappa shape index (κ3) is 3.11. The van der Waals surface area contributed by atoms with Crippen LogP contribution in [0.15, 0.2) is 54.3 Å². The van der Waals surface area contributed by atoms with E-state index in [1.54, 1.807) is 24.3 Å². The maximum Gasteiger partial charge on any atom is 0.165 e. The first-order chi connectivity index (χ1) is 13.5. The van der Waals surface area contributed by atoms with Gasteiger partial charge in [0.1, 0.15) is 17.3 Å². The number of hydrogen-bond donors (Lipinski definition) is 2. The van der Waals surface area contributed by atoms with Crippen molar-refractivity contribution in [3.05, 3.63) is 76.8 Å². The fourth-order valence-corrected chi connectivity index (χ4v) is 4.26. The van der Waals surface area contributed by atoms with Crippen molar-refractivity contribution in [1.29, 1.82) is 0 Å². The summed E-state index contributed by atoms with van der Waals surface area (Å²) in [5.41, 5.74) is 2.46. The van der Waals surface area contributed by atoms with E-state index in [4.69, 9.17) is 9.47 Å². The van der Waals surface area contributed by atoms with Gasteiger partial charge >= 0.3 is 0 Å². The van der Waals surface area contributed by atoms with E-state index < -0.39 is 5.82 Å². The molecule has 0 spiro atoms. The van der Waals surface area contributed by atoms with Crippen molar-refractivity contribution in [2.24, 2.45) is 11.8 Å². The van der Waals surface area contributed by atoms with Crippen LogP contribution in [0.4, 0.5) is 4.39 Å². The summed E-state index contributed by atoms with van der Waals surface area (Å²) in [6, 6.07) is 8.57. The third-order valence-corrected chi connectivity index (χ3v) is 5.79. The molecule has 2 aliphatic rings. The van der Waals surface area contributed by atoms with Gasteiger partial charge in [-0.25, -0.2) is 4.39 Å². The van der Waals surface area contributed by atoms with Crippen molar-refractivity contribution >= 4 is 0 Å². The molecule has 146 valence electrons. The topological polar surface area (TPSA) is 58.9 Å². The summed E-state index contributed by atoms with van der Waals surface area (Å²) >= 11 is 0. The largest absolute Gasteiger partial charge is 0.508 e. The van der Waals surface area contributed by atoms with Crippen LogP contribution in [0.25, 0.3) is 0 Å². The van der Waals surface area contributed by atoms with Crippen LogP contribution in [0.5, 0.6) is 17.2 Å². The number of phenolic OH excluding ortho intramolecular Hbond substituents is 1. The van der Waals surface area contributed by atoms with Crippen molar-refractivity contribution in [2.45, 2.75) is 19.3 Å². The van der Waals surface area contributed by atoms with Gasteiger partial charge in [0.05, 0.1) is 13.7 Å². The lowest BCUT2D eigenvalue weighted by Crippen LogP contribution is -2.33. The predicted octanol–water partition coefficient (Wildman–Crippen LogP) is 5.01. The summed E-state index contributed by atoms with van der Waals surface area (Å²) in [4.78, 5) is 0. The summed E-state index contributed by atoms with van der Waals surface area (Å²) in [6.45, 7) is 2.26. The zero-order chi connectivity index (χ0) is 19.8. The standard InChI is InChI=1S/C23H23FO4/c1-13-20(26)9-8-17-22(15-5-10-21(27-2)19(24)11-15)18(12-28-23(13)17)14-3-6-16(25)7-4-14/h3,5-11,14,18,22,25-26H,4,12H2,1-2H3/t14?,18-,22-/m1/s1. The first-order valence-corrected chi connectivity index (χ1v) is 9.35. The van der Waals surface area contributed by atoms with Crippen molar-refractivity contribution in [2.75, 3.05) is 13.7 Å². The normalized spacial score (nSPS) is 23.5. The lowest BCUT2D eigenvalue weighted by molar-refractivity contribution is 0.168. The summed E-state index contributed by atoms with van der Waals surface area (Å²) in [6.07, 6.45) is 6.19. The molecule has 4 rings (SSSR count). The maximum absolute atomic E-state index is 14.5. The number of rotatable bonds is 3. The third-order valence-electron chi connectivity index (χ3n) is 5.79. The Morgan fingerprint density at radius 3 is 2.68 bits per heavy atom. The second-order valence-electron chi connectivity index (χ2n) is 7.36. The lowest BCUT2D eigenvalue weighted by atomic mass is 9.71. The molecule has 1 aliphatic heterocycles. The molecule has 0 amide bonds. The van der Waals surface area contributed by atoms with Gasteiger partial charge in [0, 0.05) is 23.0 Å². The first kappa shape index (κ1) is 18.4. The molecule has 0 saturated carbocycles. The number of ether oxygens (including phenoxy) is 2. The van der Waals surface area contributed by atoms with Gasteiger partial charge in [-0.1, -0.05) is 18.2 Å². The Kier molecular flexibility index (Phi) is 4.75. The molecule has 0 radical (unpaired) electrons. The molecule has 2 N–H and O–H groups in total. The second-order valence-corrected chi connectivity index (χ2v) is 7.36. The van der Waals surface area contributed by atoms with Crippen LogP contribution in [-0.2, 0) is 0 Å². The van der Waals surface area contributed by atoms with E-state index in [2.05, 4.69) is 0 Å². The van der Waals surface area contributed by atoms with Gasteiger partial charge in [0.25, 0.3) is 0 Å². The Hall–Kier alpha value is -2.95. The number of phenols is 1. The van der Waals surface area contributed by atoms with E-state index in [-0.39, 0.29) is 35.0 Å². The van der Waals surface area contributed by atoms with E-state index >= 15 is 0 Å². The molecule has 2 aromatic carbocycles. The smallest absolute Gasteiger partial charge is 0.165 e. The summed E-state index contributed by atoms with van der Waals surface area (Å²) in [5.74, 6) is 1.02. The Balaban J connectivity index is 1.82. The van der Waals surface area contributed by atoms with E-state index in [1.807, 2.05) is 25.1 Å². The molecule has 0 saturated heterocycles. The molecule has 2 aromatic rings. The van der Waals surface area contributed by atoms with Gasteiger partial charge < -0.3 is 19.7 Å². The van der Waals surface area contributed by atoms with Crippen LogP contribution in [-0.4, -0.2) is 23.9 Å². The maximum atomic E-state index is 14.5. The highest BCUT2D eigenvalue weighted by Crippen LogP contribution is 2.48. The molecule has 3 atom stereocenters. The molecule has 0 bridgehead atoms. The lowest BCUT2D eigenvalue weighted by Gasteiger charge is -2.38. The van der Waals surface area contributed by atoms with Gasteiger partial charge in [-0.15, -0.1) is 0 Å². The number of allylic oxidation sites excluding steroid dienone is 3. The number of hydrogen-bond acceptors (Lipinski definition) is 4. The quantitative estimate of drug-likeness (QED) is 0.784.